The van der Waals surface area contributed by atoms with Gasteiger partial charge < -0.3 is 5.32 Å². The van der Waals surface area contributed by atoms with Gasteiger partial charge >= 0.3 is 6.18 Å². The van der Waals surface area contributed by atoms with Crippen LogP contribution in [0, 0.1) is 12.3 Å². The Labute approximate surface area is 113 Å². The van der Waals surface area contributed by atoms with Crippen molar-refractivity contribution >= 4 is 15.9 Å². The van der Waals surface area contributed by atoms with Crippen molar-refractivity contribution in [1.82, 2.24) is 5.32 Å². The summed E-state index contributed by atoms with van der Waals surface area (Å²) in [5.74, 6) is 2.47. The molecule has 0 radical (unpaired) electrons. The van der Waals surface area contributed by atoms with Crippen LogP contribution in [-0.2, 0) is 6.18 Å². The monoisotopic (exact) mass is 319 g/mol. The number of hydrogen-bond acceptors (Lipinski definition) is 1. The zero-order valence-electron chi connectivity index (χ0n) is 9.81. The number of terminal acetylenes is 1. The molecule has 0 spiro atoms. The molecule has 0 amide bonds. The van der Waals surface area contributed by atoms with E-state index in [1.54, 1.807) is 6.07 Å². The molecule has 0 aliphatic heterocycles. The highest BCUT2D eigenvalue weighted by Gasteiger charge is 2.33. The Balaban J connectivity index is 3.14. The lowest BCUT2D eigenvalue weighted by atomic mass is 10.0. The van der Waals surface area contributed by atoms with Gasteiger partial charge in [0, 0.05) is 16.9 Å². The molecule has 1 unspecified atom stereocenters. The SMILES string of the molecule is C#CCC(NCC)c1ccc(Br)c(C(F)(F)F)c1. The van der Waals surface area contributed by atoms with Crippen LogP contribution in [0.3, 0.4) is 0 Å². The molecule has 0 saturated carbocycles. The summed E-state index contributed by atoms with van der Waals surface area (Å²) in [5.41, 5.74) is -0.134. The molecule has 1 nitrogen and oxygen atoms in total. The summed E-state index contributed by atoms with van der Waals surface area (Å²) in [7, 11) is 0. The van der Waals surface area contributed by atoms with Crippen molar-refractivity contribution in [2.75, 3.05) is 6.54 Å². The highest BCUT2D eigenvalue weighted by molar-refractivity contribution is 9.10. The van der Waals surface area contributed by atoms with Crippen molar-refractivity contribution < 1.29 is 13.2 Å². The molecule has 0 aromatic heterocycles. The predicted molar refractivity (Wildman–Crippen MR) is 69.0 cm³/mol. The number of rotatable bonds is 4. The highest BCUT2D eigenvalue weighted by Crippen LogP contribution is 2.36. The van der Waals surface area contributed by atoms with E-state index in [4.69, 9.17) is 6.42 Å². The summed E-state index contributed by atoms with van der Waals surface area (Å²) in [5, 5.41) is 3.07. The number of benzene rings is 1. The van der Waals surface area contributed by atoms with Gasteiger partial charge in [0.05, 0.1) is 5.56 Å². The van der Waals surface area contributed by atoms with Gasteiger partial charge in [-0.1, -0.05) is 28.9 Å². The molecule has 0 fully saturated rings. The third kappa shape index (κ3) is 3.76. The topological polar surface area (TPSA) is 12.0 Å². The summed E-state index contributed by atoms with van der Waals surface area (Å²) in [4.78, 5) is 0. The molecule has 0 bridgehead atoms. The average molecular weight is 320 g/mol. The van der Waals surface area contributed by atoms with Crippen LogP contribution in [0.2, 0.25) is 0 Å². The van der Waals surface area contributed by atoms with Gasteiger partial charge in [0.1, 0.15) is 0 Å². The van der Waals surface area contributed by atoms with E-state index in [0.29, 0.717) is 18.5 Å². The largest absolute Gasteiger partial charge is 0.417 e. The zero-order chi connectivity index (χ0) is 13.8. The van der Waals surface area contributed by atoms with Gasteiger partial charge in [-0.3, -0.25) is 0 Å². The lowest BCUT2D eigenvalue weighted by Crippen LogP contribution is -2.21. The summed E-state index contributed by atoms with van der Waals surface area (Å²) in [6.45, 7) is 2.52. The second-order valence-corrected chi connectivity index (χ2v) is 4.61. The molecule has 1 N–H and O–H groups in total. The summed E-state index contributed by atoms with van der Waals surface area (Å²) in [6, 6.07) is 3.92. The molecule has 0 aliphatic rings. The summed E-state index contributed by atoms with van der Waals surface area (Å²) >= 11 is 2.91. The second-order valence-electron chi connectivity index (χ2n) is 3.76. The van der Waals surface area contributed by atoms with Crippen molar-refractivity contribution in [3.05, 3.63) is 33.8 Å². The minimum Gasteiger partial charge on any atom is -0.309 e. The van der Waals surface area contributed by atoms with Crippen molar-refractivity contribution in [2.24, 2.45) is 0 Å². The Morgan fingerprint density at radius 3 is 2.61 bits per heavy atom. The van der Waals surface area contributed by atoms with Crippen molar-refractivity contribution in [3.63, 3.8) is 0 Å². The maximum absolute atomic E-state index is 12.8. The molecule has 5 heteroatoms. The number of halogens is 4. The minimum absolute atomic E-state index is 0.0368. The molecular formula is C13H13BrF3N. The fourth-order valence-corrected chi connectivity index (χ4v) is 2.12. The predicted octanol–water partition coefficient (Wildman–Crippen LogP) is 4.14. The summed E-state index contributed by atoms with van der Waals surface area (Å²) < 4.78 is 38.4. The van der Waals surface area contributed by atoms with E-state index in [2.05, 4.69) is 27.2 Å². The van der Waals surface area contributed by atoms with E-state index < -0.39 is 11.7 Å². The number of nitrogens with one attached hydrogen (secondary N) is 1. The number of alkyl halides is 3. The van der Waals surface area contributed by atoms with E-state index in [9.17, 15) is 13.2 Å². The third-order valence-electron chi connectivity index (χ3n) is 2.47. The molecule has 0 aliphatic carbocycles. The standard InChI is InChI=1S/C13H13BrF3N/c1-3-5-12(18-4-2)9-6-7-11(14)10(8-9)13(15,16)17/h1,6-8,12,18H,4-5H2,2H3. The molecular weight excluding hydrogens is 307 g/mol. The molecule has 18 heavy (non-hydrogen) atoms. The average Bonchev–Trinajstić information content (AvgIpc) is 2.28. The maximum Gasteiger partial charge on any atom is 0.417 e. The first-order valence-electron chi connectivity index (χ1n) is 5.43. The Morgan fingerprint density at radius 2 is 2.11 bits per heavy atom. The van der Waals surface area contributed by atoms with Crippen LogP contribution in [0.1, 0.15) is 30.5 Å². The van der Waals surface area contributed by atoms with Gasteiger partial charge in [-0.25, -0.2) is 0 Å². The van der Waals surface area contributed by atoms with Gasteiger partial charge in [-0.2, -0.15) is 13.2 Å². The molecule has 1 rings (SSSR count). The van der Waals surface area contributed by atoms with Crippen LogP contribution in [0.15, 0.2) is 22.7 Å². The van der Waals surface area contributed by atoms with E-state index in [-0.39, 0.29) is 10.5 Å². The molecule has 1 atom stereocenters. The first kappa shape index (κ1) is 15.1. The molecule has 98 valence electrons. The van der Waals surface area contributed by atoms with Crippen molar-refractivity contribution in [2.45, 2.75) is 25.6 Å². The van der Waals surface area contributed by atoms with E-state index >= 15 is 0 Å². The smallest absolute Gasteiger partial charge is 0.309 e. The first-order chi connectivity index (χ1) is 8.40. The summed E-state index contributed by atoms with van der Waals surface area (Å²) in [6.07, 6.45) is 1.21. The minimum atomic E-state index is -4.37. The van der Waals surface area contributed by atoms with Crippen LogP contribution in [0.5, 0.6) is 0 Å². The second kappa shape index (κ2) is 6.26. The van der Waals surface area contributed by atoms with E-state index in [1.165, 1.54) is 6.07 Å². The maximum atomic E-state index is 12.8. The Hall–Kier alpha value is -0.990. The Morgan fingerprint density at radius 1 is 1.44 bits per heavy atom. The molecule has 0 saturated heterocycles. The fourth-order valence-electron chi connectivity index (χ4n) is 1.65. The molecule has 1 aromatic rings. The first-order valence-corrected chi connectivity index (χ1v) is 6.23. The normalized spacial score (nSPS) is 13.1. The van der Waals surface area contributed by atoms with E-state index in [1.807, 2.05) is 6.92 Å². The van der Waals surface area contributed by atoms with Gasteiger partial charge in [0.2, 0.25) is 0 Å². The van der Waals surface area contributed by atoms with Gasteiger partial charge in [-0.05, 0) is 24.2 Å². The van der Waals surface area contributed by atoms with Crippen molar-refractivity contribution in [1.29, 1.82) is 0 Å². The van der Waals surface area contributed by atoms with Gasteiger partial charge in [0.25, 0.3) is 0 Å². The van der Waals surface area contributed by atoms with Crippen molar-refractivity contribution in [3.8, 4) is 12.3 Å². The van der Waals surface area contributed by atoms with Crippen LogP contribution < -0.4 is 5.32 Å². The zero-order valence-corrected chi connectivity index (χ0v) is 11.4. The van der Waals surface area contributed by atoms with E-state index in [0.717, 1.165) is 6.07 Å². The van der Waals surface area contributed by atoms with Crippen LogP contribution in [0.4, 0.5) is 13.2 Å². The van der Waals surface area contributed by atoms with Crippen LogP contribution >= 0.6 is 15.9 Å². The highest BCUT2D eigenvalue weighted by atomic mass is 79.9. The fraction of sp³-hybridized carbons (Fsp3) is 0.385. The third-order valence-corrected chi connectivity index (χ3v) is 3.16. The lowest BCUT2D eigenvalue weighted by Gasteiger charge is -2.18. The van der Waals surface area contributed by atoms with Gasteiger partial charge in [0.15, 0.2) is 0 Å². The van der Waals surface area contributed by atoms with Crippen LogP contribution in [-0.4, -0.2) is 6.54 Å². The Bertz CT molecular complexity index is 449. The van der Waals surface area contributed by atoms with Gasteiger partial charge in [-0.15, -0.1) is 12.3 Å². The molecule has 0 heterocycles. The Kier molecular flexibility index (Phi) is 5.24. The number of hydrogen-bond donors (Lipinski definition) is 1. The van der Waals surface area contributed by atoms with Crippen LogP contribution in [0.25, 0.3) is 0 Å². The quantitative estimate of drug-likeness (QED) is 0.822. The lowest BCUT2D eigenvalue weighted by molar-refractivity contribution is -0.138. The molecule has 1 aromatic carbocycles.